The van der Waals surface area contributed by atoms with Gasteiger partial charge < -0.3 is 14.4 Å². The Morgan fingerprint density at radius 1 is 1.67 bits per heavy atom. The van der Waals surface area contributed by atoms with E-state index in [0.717, 1.165) is 5.69 Å². The van der Waals surface area contributed by atoms with E-state index in [1.807, 2.05) is 7.05 Å². The number of carbonyl (C=O) groups excluding carboxylic acids is 1. The molecule has 0 aliphatic rings. The second-order valence-electron chi connectivity index (χ2n) is 4.04. The highest BCUT2D eigenvalue weighted by molar-refractivity contribution is 5.76. The fraction of sp³-hybridized carbons (Fsp3) is 0.600. The van der Waals surface area contributed by atoms with Gasteiger partial charge in [0.1, 0.15) is 0 Å². The summed E-state index contributed by atoms with van der Waals surface area (Å²) in [5.41, 5.74) is 0.0543. The first-order valence-electron chi connectivity index (χ1n) is 4.64. The molecule has 1 unspecified atom stereocenters. The average molecular weight is 212 g/mol. The molecule has 0 amide bonds. The SMILES string of the molecule is COC(=O)C(O)C(C)(C)c1cncn1C. The van der Waals surface area contributed by atoms with Crippen molar-refractivity contribution in [2.45, 2.75) is 25.4 Å². The van der Waals surface area contributed by atoms with Gasteiger partial charge in [0.25, 0.3) is 0 Å². The minimum absolute atomic E-state index is 0.638. The number of aliphatic hydroxyl groups excluding tert-OH is 1. The Labute approximate surface area is 88.7 Å². The van der Waals surface area contributed by atoms with Crippen molar-refractivity contribution in [2.75, 3.05) is 7.11 Å². The van der Waals surface area contributed by atoms with Crippen molar-refractivity contribution in [3.05, 3.63) is 18.2 Å². The molecule has 1 atom stereocenters. The van der Waals surface area contributed by atoms with Crippen LogP contribution in [0.5, 0.6) is 0 Å². The Kier molecular flexibility index (Phi) is 3.14. The quantitative estimate of drug-likeness (QED) is 0.728. The van der Waals surface area contributed by atoms with Gasteiger partial charge in [-0.25, -0.2) is 9.78 Å². The summed E-state index contributed by atoms with van der Waals surface area (Å²) in [4.78, 5) is 15.2. The summed E-state index contributed by atoms with van der Waals surface area (Å²) in [5, 5.41) is 9.83. The van der Waals surface area contributed by atoms with Crippen molar-refractivity contribution < 1.29 is 14.6 Å². The molecular weight excluding hydrogens is 196 g/mol. The number of rotatable bonds is 3. The lowest BCUT2D eigenvalue weighted by molar-refractivity contribution is -0.154. The van der Waals surface area contributed by atoms with Crippen LogP contribution in [-0.2, 0) is 22.0 Å². The lowest BCUT2D eigenvalue weighted by atomic mass is 9.83. The highest BCUT2D eigenvalue weighted by Crippen LogP contribution is 2.27. The fourth-order valence-electron chi connectivity index (χ4n) is 1.52. The molecule has 1 aromatic rings. The molecule has 5 heteroatoms. The molecule has 0 bridgehead atoms. The van der Waals surface area contributed by atoms with Crippen molar-refractivity contribution in [3.8, 4) is 0 Å². The van der Waals surface area contributed by atoms with Crippen LogP contribution in [0.1, 0.15) is 19.5 Å². The van der Waals surface area contributed by atoms with Crippen LogP contribution in [-0.4, -0.2) is 33.8 Å². The third-order valence-electron chi connectivity index (χ3n) is 2.58. The Balaban J connectivity index is 3.02. The van der Waals surface area contributed by atoms with Gasteiger partial charge in [0.2, 0.25) is 0 Å². The highest BCUT2D eigenvalue weighted by atomic mass is 16.5. The second kappa shape index (κ2) is 4.02. The van der Waals surface area contributed by atoms with Gasteiger partial charge in [-0.1, -0.05) is 13.8 Å². The normalized spacial score (nSPS) is 13.7. The molecule has 0 aromatic carbocycles. The van der Waals surface area contributed by atoms with Crippen LogP contribution >= 0.6 is 0 Å². The Morgan fingerprint density at radius 3 is 2.67 bits per heavy atom. The number of nitrogens with zero attached hydrogens (tertiary/aromatic N) is 2. The van der Waals surface area contributed by atoms with Crippen LogP contribution in [0.15, 0.2) is 12.5 Å². The van der Waals surface area contributed by atoms with E-state index >= 15 is 0 Å². The highest BCUT2D eigenvalue weighted by Gasteiger charge is 2.37. The van der Waals surface area contributed by atoms with E-state index < -0.39 is 17.5 Å². The Bertz CT molecular complexity index is 357. The summed E-state index contributed by atoms with van der Waals surface area (Å²) in [6, 6.07) is 0. The van der Waals surface area contributed by atoms with Gasteiger partial charge in [-0.15, -0.1) is 0 Å². The number of ether oxygens (including phenoxy) is 1. The van der Waals surface area contributed by atoms with E-state index in [2.05, 4.69) is 9.72 Å². The smallest absolute Gasteiger partial charge is 0.335 e. The maximum Gasteiger partial charge on any atom is 0.335 e. The first-order valence-corrected chi connectivity index (χ1v) is 4.64. The molecule has 0 aliphatic carbocycles. The van der Waals surface area contributed by atoms with E-state index in [1.165, 1.54) is 7.11 Å². The zero-order chi connectivity index (χ0) is 11.6. The van der Waals surface area contributed by atoms with Gasteiger partial charge in [-0.2, -0.15) is 0 Å². The van der Waals surface area contributed by atoms with Gasteiger partial charge in [0, 0.05) is 24.4 Å². The molecule has 15 heavy (non-hydrogen) atoms. The summed E-state index contributed by atoms with van der Waals surface area (Å²) < 4.78 is 6.29. The molecule has 0 fully saturated rings. The molecule has 0 spiro atoms. The minimum atomic E-state index is -1.20. The molecule has 84 valence electrons. The lowest BCUT2D eigenvalue weighted by Gasteiger charge is -2.28. The van der Waals surface area contributed by atoms with Crippen LogP contribution in [0.2, 0.25) is 0 Å². The first-order chi connectivity index (χ1) is 6.91. The van der Waals surface area contributed by atoms with Crippen LogP contribution in [0.4, 0.5) is 0 Å². The number of esters is 1. The van der Waals surface area contributed by atoms with Crippen molar-refractivity contribution in [1.29, 1.82) is 0 Å². The van der Waals surface area contributed by atoms with Gasteiger partial charge in [0.15, 0.2) is 6.10 Å². The number of aliphatic hydroxyl groups is 1. The molecule has 0 saturated carbocycles. The van der Waals surface area contributed by atoms with Crippen molar-refractivity contribution in [1.82, 2.24) is 9.55 Å². The Morgan fingerprint density at radius 2 is 2.27 bits per heavy atom. The summed E-state index contributed by atoms with van der Waals surface area (Å²) in [6.07, 6.45) is 2.06. The molecular formula is C10H16N2O3. The van der Waals surface area contributed by atoms with E-state index in [4.69, 9.17) is 0 Å². The predicted octanol–water partition coefficient (Wildman–Crippen LogP) is 0.232. The van der Waals surface area contributed by atoms with Crippen molar-refractivity contribution >= 4 is 5.97 Å². The first kappa shape index (κ1) is 11.7. The topological polar surface area (TPSA) is 64.3 Å². The average Bonchev–Trinajstić information content (AvgIpc) is 2.62. The summed E-state index contributed by atoms with van der Waals surface area (Å²) in [6.45, 7) is 3.54. The summed E-state index contributed by atoms with van der Waals surface area (Å²) in [5.74, 6) is -0.638. The van der Waals surface area contributed by atoms with Crippen LogP contribution < -0.4 is 0 Å². The number of hydrogen-bond donors (Lipinski definition) is 1. The number of aryl methyl sites for hydroxylation is 1. The monoisotopic (exact) mass is 212 g/mol. The molecule has 0 saturated heterocycles. The van der Waals surface area contributed by atoms with E-state index in [1.54, 1.807) is 30.9 Å². The van der Waals surface area contributed by atoms with Crippen LogP contribution in [0.25, 0.3) is 0 Å². The van der Waals surface area contributed by atoms with E-state index in [-0.39, 0.29) is 0 Å². The molecule has 0 aliphatic heterocycles. The zero-order valence-corrected chi connectivity index (χ0v) is 9.39. The maximum absolute atomic E-state index is 11.3. The van der Waals surface area contributed by atoms with Gasteiger partial charge >= 0.3 is 5.97 Å². The largest absolute Gasteiger partial charge is 0.467 e. The van der Waals surface area contributed by atoms with E-state index in [9.17, 15) is 9.90 Å². The molecule has 5 nitrogen and oxygen atoms in total. The second-order valence-corrected chi connectivity index (χ2v) is 4.04. The molecule has 1 heterocycles. The van der Waals surface area contributed by atoms with E-state index in [0.29, 0.717) is 0 Å². The third kappa shape index (κ3) is 2.02. The maximum atomic E-state index is 11.3. The molecule has 1 aromatic heterocycles. The number of carbonyl (C=O) groups is 1. The van der Waals surface area contributed by atoms with Crippen molar-refractivity contribution in [3.63, 3.8) is 0 Å². The third-order valence-corrected chi connectivity index (χ3v) is 2.58. The summed E-state index contributed by atoms with van der Waals surface area (Å²) >= 11 is 0. The van der Waals surface area contributed by atoms with Gasteiger partial charge in [-0.05, 0) is 0 Å². The minimum Gasteiger partial charge on any atom is -0.467 e. The van der Waals surface area contributed by atoms with Gasteiger partial charge in [0.05, 0.1) is 13.4 Å². The number of hydrogen-bond acceptors (Lipinski definition) is 4. The molecule has 1 rings (SSSR count). The molecule has 0 radical (unpaired) electrons. The molecule has 1 N–H and O–H groups in total. The standard InChI is InChI=1S/C10H16N2O3/c1-10(2,8(13)9(14)15-4)7-5-11-6-12(7)3/h5-6,8,13H,1-4H3. The number of aromatic nitrogens is 2. The zero-order valence-electron chi connectivity index (χ0n) is 9.39. The predicted molar refractivity (Wildman–Crippen MR) is 54.3 cm³/mol. The number of imidazole rings is 1. The van der Waals surface area contributed by atoms with Gasteiger partial charge in [-0.3, -0.25) is 0 Å². The summed E-state index contributed by atoms with van der Waals surface area (Å²) in [7, 11) is 3.07. The fourth-order valence-corrected chi connectivity index (χ4v) is 1.52. The van der Waals surface area contributed by atoms with Crippen LogP contribution in [0.3, 0.4) is 0 Å². The van der Waals surface area contributed by atoms with Crippen LogP contribution in [0, 0.1) is 0 Å². The van der Waals surface area contributed by atoms with Crippen molar-refractivity contribution in [2.24, 2.45) is 7.05 Å². The Hall–Kier alpha value is -1.36. The lowest BCUT2D eigenvalue weighted by Crippen LogP contribution is -2.41. The number of methoxy groups -OCH3 is 1.